The summed E-state index contributed by atoms with van der Waals surface area (Å²) < 4.78 is 1.77. The van der Waals surface area contributed by atoms with Crippen LogP contribution in [0.3, 0.4) is 0 Å². The van der Waals surface area contributed by atoms with Crippen molar-refractivity contribution in [3.05, 3.63) is 11.9 Å². The summed E-state index contributed by atoms with van der Waals surface area (Å²) in [6, 6.07) is 0.616. The molecule has 1 aliphatic heterocycles. The third-order valence-electron chi connectivity index (χ3n) is 3.66. The zero-order valence-electron chi connectivity index (χ0n) is 11.1. The normalized spacial score (nSPS) is 23.8. The molecule has 0 aliphatic carbocycles. The molecule has 1 saturated heterocycles. The molecule has 96 valence electrons. The highest BCUT2D eigenvalue weighted by molar-refractivity contribution is 4.93. The molecule has 1 aromatic rings. The third-order valence-corrected chi connectivity index (χ3v) is 3.66. The van der Waals surface area contributed by atoms with Gasteiger partial charge in [-0.1, -0.05) is 25.5 Å². The number of rotatable bonds is 4. The summed E-state index contributed by atoms with van der Waals surface area (Å²) in [6.45, 7) is 8.80. The molecule has 0 radical (unpaired) electrons. The van der Waals surface area contributed by atoms with E-state index in [9.17, 15) is 0 Å². The van der Waals surface area contributed by atoms with Crippen molar-refractivity contribution in [2.24, 2.45) is 13.0 Å². The fourth-order valence-corrected chi connectivity index (χ4v) is 2.35. The van der Waals surface area contributed by atoms with Gasteiger partial charge in [-0.3, -0.25) is 9.58 Å². The van der Waals surface area contributed by atoms with Crippen LogP contribution < -0.4 is 5.32 Å². The van der Waals surface area contributed by atoms with Crippen molar-refractivity contribution >= 4 is 0 Å². The zero-order valence-corrected chi connectivity index (χ0v) is 11.1. The first-order valence-electron chi connectivity index (χ1n) is 6.50. The lowest BCUT2D eigenvalue weighted by Gasteiger charge is -2.36. The molecule has 1 fully saturated rings. The van der Waals surface area contributed by atoms with Crippen molar-refractivity contribution in [1.29, 1.82) is 0 Å². The van der Waals surface area contributed by atoms with Gasteiger partial charge in [-0.15, -0.1) is 5.10 Å². The van der Waals surface area contributed by atoms with Gasteiger partial charge in [0.15, 0.2) is 0 Å². The summed E-state index contributed by atoms with van der Waals surface area (Å²) in [5.74, 6) is 0.736. The van der Waals surface area contributed by atoms with E-state index in [1.807, 2.05) is 13.2 Å². The second-order valence-electron chi connectivity index (χ2n) is 5.06. The van der Waals surface area contributed by atoms with Crippen LogP contribution in [0, 0.1) is 5.92 Å². The molecule has 1 aliphatic rings. The second-order valence-corrected chi connectivity index (χ2v) is 5.06. The Labute approximate surface area is 103 Å². The van der Waals surface area contributed by atoms with Crippen molar-refractivity contribution in [3.8, 4) is 0 Å². The molecule has 1 aromatic heterocycles. The van der Waals surface area contributed by atoms with Gasteiger partial charge >= 0.3 is 0 Å². The largest absolute Gasteiger partial charge is 0.311 e. The minimum absolute atomic E-state index is 0.616. The highest BCUT2D eigenvalue weighted by atomic mass is 15.4. The van der Waals surface area contributed by atoms with Gasteiger partial charge in [-0.05, 0) is 5.92 Å². The van der Waals surface area contributed by atoms with Gasteiger partial charge in [-0.25, -0.2) is 0 Å². The number of aromatic nitrogens is 3. The summed E-state index contributed by atoms with van der Waals surface area (Å²) in [5, 5.41) is 11.7. The van der Waals surface area contributed by atoms with Crippen molar-refractivity contribution in [2.75, 3.05) is 19.6 Å². The average molecular weight is 237 g/mol. The Bertz CT molecular complexity index is 348. The van der Waals surface area contributed by atoms with Crippen LogP contribution in [0.1, 0.15) is 26.0 Å². The van der Waals surface area contributed by atoms with E-state index in [2.05, 4.69) is 34.4 Å². The van der Waals surface area contributed by atoms with E-state index in [0.717, 1.165) is 37.8 Å². The SMILES string of the molecule is CCC(C)C1CN(Cc2cn(C)nn2)CCN1. The maximum atomic E-state index is 4.15. The predicted molar refractivity (Wildman–Crippen MR) is 67.5 cm³/mol. The zero-order chi connectivity index (χ0) is 12.3. The Morgan fingerprint density at radius 2 is 2.41 bits per heavy atom. The molecule has 0 saturated carbocycles. The lowest BCUT2D eigenvalue weighted by molar-refractivity contribution is 0.161. The summed E-state index contributed by atoms with van der Waals surface area (Å²) in [6.07, 6.45) is 3.23. The third kappa shape index (κ3) is 3.26. The molecule has 0 amide bonds. The minimum atomic E-state index is 0.616. The Kier molecular flexibility index (Phi) is 4.12. The Balaban J connectivity index is 1.89. The van der Waals surface area contributed by atoms with Crippen molar-refractivity contribution in [3.63, 3.8) is 0 Å². The molecule has 0 aromatic carbocycles. The summed E-state index contributed by atoms with van der Waals surface area (Å²) in [4.78, 5) is 2.47. The van der Waals surface area contributed by atoms with Gasteiger partial charge in [-0.2, -0.15) is 0 Å². The monoisotopic (exact) mass is 237 g/mol. The van der Waals surface area contributed by atoms with Gasteiger partial charge < -0.3 is 5.32 Å². The molecular weight excluding hydrogens is 214 g/mol. The maximum Gasteiger partial charge on any atom is 0.0967 e. The smallest absolute Gasteiger partial charge is 0.0967 e. The summed E-state index contributed by atoms with van der Waals surface area (Å²) in [5.41, 5.74) is 1.07. The topological polar surface area (TPSA) is 46.0 Å². The lowest BCUT2D eigenvalue weighted by atomic mass is 9.97. The van der Waals surface area contributed by atoms with Crippen LogP contribution in [0.5, 0.6) is 0 Å². The second kappa shape index (κ2) is 5.60. The number of nitrogens with one attached hydrogen (secondary N) is 1. The molecular formula is C12H23N5. The number of hydrogen-bond acceptors (Lipinski definition) is 4. The quantitative estimate of drug-likeness (QED) is 0.834. The number of piperazine rings is 1. The maximum absolute atomic E-state index is 4.15. The van der Waals surface area contributed by atoms with Crippen LogP contribution in [-0.2, 0) is 13.6 Å². The van der Waals surface area contributed by atoms with Crippen LogP contribution in [-0.4, -0.2) is 45.6 Å². The van der Waals surface area contributed by atoms with E-state index >= 15 is 0 Å². The highest BCUT2D eigenvalue weighted by Gasteiger charge is 2.23. The van der Waals surface area contributed by atoms with Crippen molar-refractivity contribution in [2.45, 2.75) is 32.9 Å². The Morgan fingerprint density at radius 3 is 3.06 bits per heavy atom. The van der Waals surface area contributed by atoms with Crippen LogP contribution in [0.4, 0.5) is 0 Å². The van der Waals surface area contributed by atoms with E-state index < -0.39 is 0 Å². The van der Waals surface area contributed by atoms with Crippen LogP contribution in [0.15, 0.2) is 6.20 Å². The molecule has 2 heterocycles. The molecule has 5 nitrogen and oxygen atoms in total. The van der Waals surface area contributed by atoms with E-state index in [1.165, 1.54) is 6.42 Å². The standard InChI is InChI=1S/C12H23N5/c1-4-10(2)12-9-17(6-5-13-12)8-11-7-16(3)15-14-11/h7,10,12-13H,4-6,8-9H2,1-3H3. The fourth-order valence-electron chi connectivity index (χ4n) is 2.35. The first kappa shape index (κ1) is 12.5. The van der Waals surface area contributed by atoms with Gasteiger partial charge in [0, 0.05) is 45.5 Å². The Morgan fingerprint density at radius 1 is 1.59 bits per heavy atom. The minimum Gasteiger partial charge on any atom is -0.311 e. The molecule has 5 heteroatoms. The molecule has 0 spiro atoms. The number of hydrogen-bond donors (Lipinski definition) is 1. The first-order chi connectivity index (χ1) is 8.19. The number of aryl methyl sites for hydroxylation is 1. The van der Waals surface area contributed by atoms with Crippen molar-refractivity contribution in [1.82, 2.24) is 25.2 Å². The van der Waals surface area contributed by atoms with Crippen LogP contribution in [0.2, 0.25) is 0 Å². The molecule has 2 rings (SSSR count). The Hall–Kier alpha value is -0.940. The highest BCUT2D eigenvalue weighted by Crippen LogP contribution is 2.13. The van der Waals surface area contributed by atoms with Gasteiger partial charge in [0.25, 0.3) is 0 Å². The fraction of sp³-hybridized carbons (Fsp3) is 0.833. The molecule has 0 bridgehead atoms. The van der Waals surface area contributed by atoms with E-state index in [1.54, 1.807) is 4.68 Å². The van der Waals surface area contributed by atoms with Crippen LogP contribution >= 0.6 is 0 Å². The van der Waals surface area contributed by atoms with E-state index in [4.69, 9.17) is 0 Å². The first-order valence-corrected chi connectivity index (χ1v) is 6.50. The molecule has 17 heavy (non-hydrogen) atoms. The lowest BCUT2D eigenvalue weighted by Crippen LogP contribution is -2.52. The van der Waals surface area contributed by atoms with E-state index in [0.29, 0.717) is 6.04 Å². The van der Waals surface area contributed by atoms with Crippen molar-refractivity contribution < 1.29 is 0 Å². The molecule has 2 atom stereocenters. The summed E-state index contributed by atoms with van der Waals surface area (Å²) >= 11 is 0. The van der Waals surface area contributed by atoms with Gasteiger partial charge in [0.1, 0.15) is 0 Å². The predicted octanol–water partition coefficient (Wildman–Crippen LogP) is 0.635. The molecule has 1 N–H and O–H groups in total. The van der Waals surface area contributed by atoms with Gasteiger partial charge in [0.05, 0.1) is 5.69 Å². The van der Waals surface area contributed by atoms with E-state index in [-0.39, 0.29) is 0 Å². The van der Waals surface area contributed by atoms with Crippen LogP contribution in [0.25, 0.3) is 0 Å². The van der Waals surface area contributed by atoms with Gasteiger partial charge in [0.2, 0.25) is 0 Å². The summed E-state index contributed by atoms with van der Waals surface area (Å²) in [7, 11) is 1.91. The molecule has 2 unspecified atom stereocenters. The average Bonchev–Trinajstić information content (AvgIpc) is 2.74. The number of nitrogens with zero attached hydrogens (tertiary/aromatic N) is 4.